The summed E-state index contributed by atoms with van der Waals surface area (Å²) in [4.78, 5) is 70.9. The van der Waals surface area contributed by atoms with Gasteiger partial charge in [0.2, 0.25) is 17.7 Å². The van der Waals surface area contributed by atoms with Crippen LogP contribution in [-0.4, -0.2) is 119 Å². The molecular weight excluding hydrogens is 872 g/mol. The van der Waals surface area contributed by atoms with Gasteiger partial charge in [0.1, 0.15) is 5.82 Å². The number of allylic oxidation sites excluding steroid dienone is 3. The average molecular weight is 951 g/mol. The molecule has 1 spiro atoms. The number of aromatic nitrogens is 2. The van der Waals surface area contributed by atoms with Gasteiger partial charge in [0.15, 0.2) is 0 Å². The van der Waals surface area contributed by atoms with Crippen LogP contribution in [0.2, 0.25) is 0 Å². The number of aromatic amines is 1. The summed E-state index contributed by atoms with van der Waals surface area (Å²) in [6.45, 7) is 17.8. The quantitative estimate of drug-likeness (QED) is 0.102. The highest BCUT2D eigenvalue weighted by molar-refractivity contribution is 5.95. The average Bonchev–Trinajstić information content (AvgIpc) is 3.37. The van der Waals surface area contributed by atoms with Crippen LogP contribution < -0.4 is 17.0 Å². The lowest BCUT2D eigenvalue weighted by atomic mass is 9.71. The molecule has 1 aliphatic carbocycles. The summed E-state index contributed by atoms with van der Waals surface area (Å²) >= 11 is 0. The van der Waals surface area contributed by atoms with Crippen LogP contribution in [-0.2, 0) is 20.8 Å². The topological polar surface area (TPSA) is 179 Å². The van der Waals surface area contributed by atoms with Gasteiger partial charge in [-0.3, -0.25) is 28.9 Å². The number of nitrogens with two attached hydrogens (primary N) is 2. The smallest absolute Gasteiger partial charge is 0.272 e. The van der Waals surface area contributed by atoms with Crippen LogP contribution >= 0.6 is 0 Å². The molecule has 4 fully saturated rings. The van der Waals surface area contributed by atoms with Crippen molar-refractivity contribution in [1.82, 2.24) is 29.8 Å². The molecule has 1 saturated carbocycles. The Hall–Kier alpha value is -5.47. The van der Waals surface area contributed by atoms with Gasteiger partial charge < -0.3 is 26.2 Å². The van der Waals surface area contributed by atoms with Crippen molar-refractivity contribution in [1.29, 1.82) is 0 Å². The van der Waals surface area contributed by atoms with Crippen LogP contribution in [0.15, 0.2) is 83.2 Å². The molecule has 1 unspecified atom stereocenters. The highest BCUT2D eigenvalue weighted by atomic mass is 19.1. The van der Waals surface area contributed by atoms with Crippen LogP contribution in [0, 0.1) is 23.1 Å². The van der Waals surface area contributed by atoms with Gasteiger partial charge in [-0.25, -0.2) is 9.49 Å². The van der Waals surface area contributed by atoms with Crippen molar-refractivity contribution >= 4 is 34.4 Å². The highest BCUT2D eigenvalue weighted by Gasteiger charge is 2.39. The number of hydrogen-bond donors (Lipinski definition) is 3. The number of benzene rings is 2. The van der Waals surface area contributed by atoms with Gasteiger partial charge in [0, 0.05) is 63.1 Å². The summed E-state index contributed by atoms with van der Waals surface area (Å²) in [7, 11) is 0. The monoisotopic (exact) mass is 951 g/mol. The number of H-pyrrole nitrogens is 1. The number of nitrogens with zero attached hydrogens (tertiary/aromatic N) is 5. The van der Waals surface area contributed by atoms with E-state index in [0.717, 1.165) is 88.5 Å². The minimum atomic E-state index is -0.587. The molecule has 1 aromatic heterocycles. The second-order valence-electron chi connectivity index (χ2n) is 19.1. The van der Waals surface area contributed by atoms with Crippen molar-refractivity contribution in [2.75, 3.05) is 65.4 Å². The van der Waals surface area contributed by atoms with Gasteiger partial charge in [-0.15, -0.1) is 0 Å². The number of piperidine rings is 2. The molecule has 13 nitrogen and oxygen atoms in total. The molecule has 14 heteroatoms. The van der Waals surface area contributed by atoms with Gasteiger partial charge in [0.05, 0.1) is 23.2 Å². The molecule has 376 valence electrons. The van der Waals surface area contributed by atoms with Gasteiger partial charge in [0.25, 0.3) is 11.5 Å². The normalized spacial score (nSPS) is 18.4. The molecule has 1 atom stereocenters. The van der Waals surface area contributed by atoms with Crippen LogP contribution in [0.4, 0.5) is 4.39 Å². The third kappa shape index (κ3) is 15.0. The van der Waals surface area contributed by atoms with E-state index in [4.69, 9.17) is 11.5 Å². The van der Waals surface area contributed by atoms with Gasteiger partial charge in [-0.1, -0.05) is 89.5 Å². The molecule has 4 amide bonds. The fourth-order valence-corrected chi connectivity index (χ4v) is 10.5. The third-order valence-electron chi connectivity index (χ3n) is 14.8. The summed E-state index contributed by atoms with van der Waals surface area (Å²) in [5.41, 5.74) is 13.8. The summed E-state index contributed by atoms with van der Waals surface area (Å²) in [6, 6.07) is 11.7. The maximum Gasteiger partial charge on any atom is 0.272 e. The van der Waals surface area contributed by atoms with E-state index in [9.17, 15) is 28.4 Å². The summed E-state index contributed by atoms with van der Waals surface area (Å²) in [5.74, 6) is -0.0207. The van der Waals surface area contributed by atoms with Gasteiger partial charge in [-0.2, -0.15) is 5.10 Å². The Kier molecular flexibility index (Phi) is 21.4. The molecule has 5 N–H and O–H groups in total. The third-order valence-corrected chi connectivity index (χ3v) is 14.8. The Bertz CT molecular complexity index is 2300. The molecule has 0 bridgehead atoms. The van der Waals surface area contributed by atoms with Crippen molar-refractivity contribution in [3.05, 3.63) is 111 Å². The maximum absolute atomic E-state index is 15.0. The molecule has 0 radical (unpaired) electrons. The SMILES string of the molecule is C=C/C(=C\C(=C/C)C(CCC)CCN)C(N)=O.CC.O=C(CC1CCCCC1)N1CCC2(CCN(CC(=O)N3CCN(C(=O)c4cc(Cc5n[nH]c(=O)c6ccccc56)ccc4F)CC3)CC2)CC1. The van der Waals surface area contributed by atoms with E-state index in [0.29, 0.717) is 85.6 Å². The number of piperazine rings is 1. The van der Waals surface area contributed by atoms with Gasteiger partial charge in [-0.05, 0) is 131 Å². The minimum absolute atomic E-state index is 0.00215. The van der Waals surface area contributed by atoms with E-state index < -0.39 is 17.6 Å². The van der Waals surface area contributed by atoms with Crippen molar-refractivity contribution in [3.8, 4) is 0 Å². The van der Waals surface area contributed by atoms with Crippen molar-refractivity contribution in [3.63, 3.8) is 0 Å². The van der Waals surface area contributed by atoms with E-state index in [-0.39, 0.29) is 22.4 Å². The first kappa shape index (κ1) is 54.5. The first-order chi connectivity index (χ1) is 33.4. The Balaban J connectivity index is 0.000000398. The van der Waals surface area contributed by atoms with E-state index in [1.54, 1.807) is 29.2 Å². The van der Waals surface area contributed by atoms with Crippen LogP contribution in [0.5, 0.6) is 0 Å². The van der Waals surface area contributed by atoms with Crippen molar-refractivity contribution < 1.29 is 23.6 Å². The van der Waals surface area contributed by atoms with E-state index in [1.807, 2.05) is 50.0 Å². The number of likely N-dealkylation sites (tertiary alicyclic amines) is 2. The lowest BCUT2D eigenvalue weighted by Gasteiger charge is -2.47. The molecule has 7 rings (SSSR count). The minimum Gasteiger partial charge on any atom is -0.366 e. The number of hydrogen-bond acceptors (Lipinski definition) is 8. The fraction of sp³-hybridized carbons (Fsp3) is 0.564. The Morgan fingerprint density at radius 2 is 1.49 bits per heavy atom. The standard InChI is InChI=1S/C39H49FN6O4.C14H24N2O.C2H6/c40-33-11-10-29(25-34-30-8-4-5-9-31(30)37(49)42-41-34)24-32(33)38(50)46-22-20-45(21-23-46)36(48)27-43-16-12-39(13-17-43)14-18-44(19-15-39)35(47)26-28-6-2-1-3-7-28;1-4-7-13(8-9-15)11(5-2)10-12(6-3)14(16)17;1-2/h4-5,8-11,24,28H,1-3,6-7,12-23,25-27H2,(H,42,49);5-6,10,13H,3-4,7-9,15H2,1-2H3,(H2,16,17);1-2H3/b;11-5+,12-10+;. The lowest BCUT2D eigenvalue weighted by molar-refractivity contribution is -0.137. The Morgan fingerprint density at radius 3 is 2.10 bits per heavy atom. The number of fused-ring (bicyclic) bond motifs is 1. The number of primary amides is 1. The van der Waals surface area contributed by atoms with Gasteiger partial charge >= 0.3 is 0 Å². The Morgan fingerprint density at radius 1 is 0.870 bits per heavy atom. The number of amides is 4. The number of carbonyl (C=O) groups excluding carboxylic acids is 4. The second-order valence-corrected chi connectivity index (χ2v) is 19.1. The van der Waals surface area contributed by atoms with Crippen molar-refractivity contribution in [2.45, 2.75) is 118 Å². The maximum atomic E-state index is 15.0. The zero-order valence-corrected chi connectivity index (χ0v) is 41.9. The predicted molar refractivity (Wildman–Crippen MR) is 274 cm³/mol. The Labute approximate surface area is 409 Å². The number of nitrogens with one attached hydrogen (secondary N) is 1. The largest absolute Gasteiger partial charge is 0.366 e. The first-order valence-electron chi connectivity index (χ1n) is 25.7. The summed E-state index contributed by atoms with van der Waals surface area (Å²) in [5, 5.41) is 8.00. The molecule has 4 heterocycles. The molecule has 3 aliphatic heterocycles. The fourth-order valence-electron chi connectivity index (χ4n) is 10.5. The van der Waals surface area contributed by atoms with Crippen molar-refractivity contribution in [2.24, 2.45) is 28.7 Å². The molecular formula is C55H79FN8O5. The first-order valence-corrected chi connectivity index (χ1v) is 25.7. The summed E-state index contributed by atoms with van der Waals surface area (Å²) in [6.07, 6.45) is 20.0. The van der Waals surface area contributed by atoms with E-state index in [2.05, 4.69) is 33.5 Å². The number of rotatable bonds is 15. The molecule has 3 aromatic rings. The molecule has 4 aliphatic rings. The highest BCUT2D eigenvalue weighted by Crippen LogP contribution is 2.41. The zero-order valence-electron chi connectivity index (χ0n) is 41.9. The van der Waals surface area contributed by atoms with E-state index >= 15 is 0 Å². The molecule has 2 aromatic carbocycles. The number of halogens is 1. The predicted octanol–water partition coefficient (Wildman–Crippen LogP) is 7.93. The molecule has 3 saturated heterocycles. The van der Waals surface area contributed by atoms with Crippen LogP contribution in [0.1, 0.15) is 133 Å². The van der Waals surface area contributed by atoms with Crippen LogP contribution in [0.25, 0.3) is 10.8 Å². The van der Waals surface area contributed by atoms with E-state index in [1.165, 1.54) is 44.2 Å². The number of carbonyl (C=O) groups is 4. The van der Waals surface area contributed by atoms with Crippen LogP contribution in [0.3, 0.4) is 0 Å². The summed E-state index contributed by atoms with van der Waals surface area (Å²) < 4.78 is 15.0. The zero-order chi connectivity index (χ0) is 49.9. The second kappa shape index (κ2) is 27.1. The lowest BCUT2D eigenvalue weighted by Crippen LogP contribution is -2.54. The molecule has 69 heavy (non-hydrogen) atoms.